The molecule has 158 valence electrons. The third-order valence-corrected chi connectivity index (χ3v) is 6.40. The standard InChI is InChI=1S/C20H15N3O6S2/c21-17-7-8-18(16-4-2-1-3-15(16)17)22-23-19-10-12-5-6-14(30(24,25)26)9-13(12)11-20(19)31(27,28)29/h1-11H,21H2,(H,24,25,26)(H,27,28,29). The third kappa shape index (κ3) is 4.11. The third-order valence-electron chi connectivity index (χ3n) is 4.67. The van der Waals surface area contributed by atoms with Crippen molar-refractivity contribution in [3.63, 3.8) is 0 Å². The maximum atomic E-state index is 11.9. The van der Waals surface area contributed by atoms with Gasteiger partial charge in [-0.2, -0.15) is 16.8 Å². The van der Waals surface area contributed by atoms with E-state index in [0.29, 0.717) is 22.1 Å². The Morgan fingerprint density at radius 3 is 2.03 bits per heavy atom. The zero-order valence-corrected chi connectivity index (χ0v) is 17.3. The monoisotopic (exact) mass is 457 g/mol. The predicted octanol–water partition coefficient (Wildman–Crippen LogP) is 4.48. The van der Waals surface area contributed by atoms with Gasteiger partial charge in [-0.25, -0.2) is 0 Å². The number of fused-ring (bicyclic) bond motifs is 2. The Morgan fingerprint density at radius 2 is 1.35 bits per heavy atom. The number of anilines is 1. The number of benzene rings is 4. The van der Waals surface area contributed by atoms with Crippen molar-refractivity contribution in [3.05, 3.63) is 66.7 Å². The Hall–Kier alpha value is -3.38. The van der Waals surface area contributed by atoms with Crippen LogP contribution in [0.4, 0.5) is 17.1 Å². The van der Waals surface area contributed by atoms with Gasteiger partial charge in [0.1, 0.15) is 10.6 Å². The summed E-state index contributed by atoms with van der Waals surface area (Å²) in [7, 11) is -9.20. The summed E-state index contributed by atoms with van der Waals surface area (Å²) < 4.78 is 65.4. The van der Waals surface area contributed by atoms with Gasteiger partial charge < -0.3 is 5.73 Å². The Morgan fingerprint density at radius 1 is 0.677 bits per heavy atom. The fourth-order valence-electron chi connectivity index (χ4n) is 3.19. The van der Waals surface area contributed by atoms with Crippen LogP contribution in [-0.4, -0.2) is 25.9 Å². The van der Waals surface area contributed by atoms with Gasteiger partial charge in [0.2, 0.25) is 0 Å². The van der Waals surface area contributed by atoms with Crippen LogP contribution in [0, 0.1) is 0 Å². The van der Waals surface area contributed by atoms with E-state index in [1.54, 1.807) is 24.3 Å². The normalized spacial score (nSPS) is 12.7. The Kier molecular flexibility index (Phi) is 4.98. The van der Waals surface area contributed by atoms with Gasteiger partial charge in [-0.05, 0) is 47.2 Å². The van der Waals surface area contributed by atoms with Crippen LogP contribution in [0.5, 0.6) is 0 Å². The highest BCUT2D eigenvalue weighted by Gasteiger charge is 2.18. The van der Waals surface area contributed by atoms with Gasteiger partial charge in [0.15, 0.2) is 0 Å². The summed E-state index contributed by atoms with van der Waals surface area (Å²) >= 11 is 0. The Labute approximate surface area is 177 Å². The lowest BCUT2D eigenvalue weighted by molar-refractivity contribution is 0.481. The van der Waals surface area contributed by atoms with Crippen molar-refractivity contribution >= 4 is 58.8 Å². The largest absolute Gasteiger partial charge is 0.398 e. The molecule has 11 heteroatoms. The first-order valence-electron chi connectivity index (χ1n) is 8.76. The summed E-state index contributed by atoms with van der Waals surface area (Å²) in [6, 6.07) is 16.6. The lowest BCUT2D eigenvalue weighted by atomic mass is 10.1. The van der Waals surface area contributed by atoms with Crippen LogP contribution < -0.4 is 5.73 Å². The first-order chi connectivity index (χ1) is 14.5. The molecule has 0 saturated carbocycles. The van der Waals surface area contributed by atoms with Gasteiger partial charge in [-0.3, -0.25) is 9.11 Å². The van der Waals surface area contributed by atoms with Gasteiger partial charge in [0.05, 0.1) is 10.6 Å². The molecule has 0 aliphatic heterocycles. The van der Waals surface area contributed by atoms with E-state index in [0.717, 1.165) is 17.5 Å². The quantitative estimate of drug-likeness (QED) is 0.231. The fourth-order valence-corrected chi connectivity index (χ4v) is 4.35. The van der Waals surface area contributed by atoms with E-state index in [2.05, 4.69) is 10.2 Å². The van der Waals surface area contributed by atoms with Crippen LogP contribution in [-0.2, 0) is 20.2 Å². The zero-order valence-electron chi connectivity index (χ0n) is 15.7. The summed E-state index contributed by atoms with van der Waals surface area (Å²) in [5.41, 5.74) is 6.82. The van der Waals surface area contributed by atoms with Crippen LogP contribution in [0.3, 0.4) is 0 Å². The number of nitrogens with two attached hydrogens (primary N) is 1. The highest BCUT2D eigenvalue weighted by molar-refractivity contribution is 7.86. The minimum absolute atomic E-state index is 0.143. The smallest absolute Gasteiger partial charge is 0.296 e. The fraction of sp³-hybridized carbons (Fsp3) is 0. The molecule has 0 aromatic heterocycles. The van der Waals surface area contributed by atoms with Crippen molar-refractivity contribution in [3.8, 4) is 0 Å². The molecule has 0 aliphatic rings. The Bertz CT molecular complexity index is 1600. The maximum Gasteiger partial charge on any atom is 0.296 e. The Balaban J connectivity index is 1.90. The molecule has 0 atom stereocenters. The second-order valence-electron chi connectivity index (χ2n) is 6.70. The molecule has 4 N–H and O–H groups in total. The van der Waals surface area contributed by atoms with Crippen LogP contribution in [0.25, 0.3) is 21.5 Å². The maximum absolute atomic E-state index is 11.9. The van der Waals surface area contributed by atoms with Crippen molar-refractivity contribution < 1.29 is 25.9 Å². The minimum Gasteiger partial charge on any atom is -0.398 e. The number of hydrogen-bond donors (Lipinski definition) is 3. The molecular weight excluding hydrogens is 442 g/mol. The van der Waals surface area contributed by atoms with Crippen LogP contribution in [0.1, 0.15) is 0 Å². The zero-order chi connectivity index (χ0) is 22.4. The summed E-state index contributed by atoms with van der Waals surface area (Å²) in [6.07, 6.45) is 0. The van der Waals surface area contributed by atoms with Gasteiger partial charge >= 0.3 is 0 Å². The van der Waals surface area contributed by atoms with E-state index in [1.165, 1.54) is 18.2 Å². The molecule has 31 heavy (non-hydrogen) atoms. The molecule has 4 rings (SSSR count). The van der Waals surface area contributed by atoms with E-state index in [9.17, 15) is 25.9 Å². The molecule has 0 spiro atoms. The molecule has 4 aromatic rings. The average molecular weight is 457 g/mol. The lowest BCUT2D eigenvalue weighted by Crippen LogP contribution is -2.00. The number of hydrogen-bond acceptors (Lipinski definition) is 7. The molecule has 0 unspecified atom stereocenters. The number of azo groups is 1. The first-order valence-corrected chi connectivity index (χ1v) is 11.6. The van der Waals surface area contributed by atoms with Crippen molar-refractivity contribution in [1.29, 1.82) is 0 Å². The SMILES string of the molecule is Nc1ccc(N=Nc2cc3ccc(S(=O)(=O)O)cc3cc2S(=O)(=O)O)c2ccccc12. The summed E-state index contributed by atoms with van der Waals surface area (Å²) in [4.78, 5) is -0.972. The van der Waals surface area contributed by atoms with Crippen LogP contribution >= 0.6 is 0 Å². The summed E-state index contributed by atoms with van der Waals surface area (Å²) in [5, 5.41) is 10.2. The second-order valence-corrected chi connectivity index (χ2v) is 9.51. The number of nitrogens with zero attached hydrogens (tertiary/aromatic N) is 2. The highest BCUT2D eigenvalue weighted by Crippen LogP contribution is 2.35. The second kappa shape index (κ2) is 7.39. The van der Waals surface area contributed by atoms with E-state index >= 15 is 0 Å². The number of nitrogen functional groups attached to an aromatic ring is 1. The van der Waals surface area contributed by atoms with E-state index < -0.39 is 30.0 Å². The molecule has 4 aromatic carbocycles. The molecule has 0 saturated heterocycles. The van der Waals surface area contributed by atoms with Crippen molar-refractivity contribution in [2.45, 2.75) is 9.79 Å². The molecule has 0 heterocycles. The lowest BCUT2D eigenvalue weighted by Gasteiger charge is -2.07. The molecule has 0 aliphatic carbocycles. The van der Waals surface area contributed by atoms with Crippen LogP contribution in [0.2, 0.25) is 0 Å². The van der Waals surface area contributed by atoms with Crippen molar-refractivity contribution in [2.24, 2.45) is 10.2 Å². The molecule has 9 nitrogen and oxygen atoms in total. The molecule has 0 radical (unpaired) electrons. The molecular formula is C20H15N3O6S2. The molecule has 0 fully saturated rings. The van der Waals surface area contributed by atoms with Gasteiger partial charge in [0, 0.05) is 16.5 Å². The highest BCUT2D eigenvalue weighted by atomic mass is 32.2. The van der Waals surface area contributed by atoms with Crippen LogP contribution in [0.15, 0.2) is 86.7 Å². The minimum atomic E-state index is -4.71. The summed E-state index contributed by atoms with van der Waals surface area (Å²) in [6.45, 7) is 0. The topological polar surface area (TPSA) is 159 Å². The van der Waals surface area contributed by atoms with Gasteiger partial charge in [0.25, 0.3) is 20.2 Å². The molecule has 0 bridgehead atoms. The van der Waals surface area contributed by atoms with Gasteiger partial charge in [-0.15, -0.1) is 10.2 Å². The van der Waals surface area contributed by atoms with E-state index in [-0.39, 0.29) is 11.1 Å². The van der Waals surface area contributed by atoms with Gasteiger partial charge in [-0.1, -0.05) is 30.3 Å². The molecule has 0 amide bonds. The summed E-state index contributed by atoms with van der Waals surface area (Å²) in [5.74, 6) is 0. The first kappa shape index (κ1) is 20.9. The van der Waals surface area contributed by atoms with E-state index in [4.69, 9.17) is 5.73 Å². The predicted molar refractivity (Wildman–Crippen MR) is 116 cm³/mol. The van der Waals surface area contributed by atoms with Crippen molar-refractivity contribution in [1.82, 2.24) is 0 Å². The van der Waals surface area contributed by atoms with E-state index in [1.807, 2.05) is 12.1 Å². The number of rotatable bonds is 4. The average Bonchev–Trinajstić information content (AvgIpc) is 2.71. The van der Waals surface area contributed by atoms with Crippen molar-refractivity contribution in [2.75, 3.05) is 5.73 Å².